The van der Waals surface area contributed by atoms with Crippen LogP contribution < -0.4 is 14.8 Å². The third kappa shape index (κ3) is 5.05. The predicted molar refractivity (Wildman–Crippen MR) is 85.2 cm³/mol. The highest BCUT2D eigenvalue weighted by molar-refractivity contribution is 7.91. The molecule has 0 unspecified atom stereocenters. The van der Waals surface area contributed by atoms with E-state index in [0.717, 1.165) is 5.56 Å². The zero-order valence-corrected chi connectivity index (χ0v) is 14.3. The lowest BCUT2D eigenvalue weighted by atomic mass is 10.2. The molecule has 0 radical (unpaired) electrons. The van der Waals surface area contributed by atoms with Crippen LogP contribution in [0.25, 0.3) is 0 Å². The fourth-order valence-corrected chi connectivity index (χ4v) is 2.79. The van der Waals surface area contributed by atoms with Gasteiger partial charge in [-0.2, -0.15) is 0 Å². The minimum Gasteiger partial charge on any atom is -0.493 e. The van der Waals surface area contributed by atoms with Crippen molar-refractivity contribution < 1.29 is 17.9 Å². The lowest BCUT2D eigenvalue weighted by Gasteiger charge is -2.15. The van der Waals surface area contributed by atoms with Crippen molar-refractivity contribution in [2.45, 2.75) is 25.6 Å². The molecule has 0 aliphatic rings. The summed E-state index contributed by atoms with van der Waals surface area (Å²) in [6, 6.07) is 3.58. The summed E-state index contributed by atoms with van der Waals surface area (Å²) in [5.41, 5.74) is 0.960. The molecule has 0 spiro atoms. The van der Waals surface area contributed by atoms with E-state index >= 15 is 0 Å². The SMILES string of the molecule is CNCc1cc(Cl)c(OCCS(=O)(=O)C(C)C)c(OC)c1. The summed E-state index contributed by atoms with van der Waals surface area (Å²) < 4.78 is 34.3. The number of methoxy groups -OCH3 is 1. The third-order valence-electron chi connectivity index (χ3n) is 3.00. The van der Waals surface area contributed by atoms with Crippen molar-refractivity contribution in [1.29, 1.82) is 0 Å². The number of benzene rings is 1. The molecule has 0 fully saturated rings. The van der Waals surface area contributed by atoms with Gasteiger partial charge in [-0.05, 0) is 38.6 Å². The van der Waals surface area contributed by atoms with Crippen LogP contribution >= 0.6 is 11.6 Å². The highest BCUT2D eigenvalue weighted by Gasteiger charge is 2.18. The van der Waals surface area contributed by atoms with E-state index in [1.165, 1.54) is 7.11 Å². The van der Waals surface area contributed by atoms with Crippen LogP contribution in [-0.4, -0.2) is 40.2 Å². The van der Waals surface area contributed by atoms with Gasteiger partial charge in [0, 0.05) is 6.54 Å². The fraction of sp³-hybridized carbons (Fsp3) is 0.571. The van der Waals surface area contributed by atoms with Gasteiger partial charge in [-0.25, -0.2) is 8.42 Å². The van der Waals surface area contributed by atoms with Gasteiger partial charge < -0.3 is 14.8 Å². The summed E-state index contributed by atoms with van der Waals surface area (Å²) in [6.07, 6.45) is 0. The smallest absolute Gasteiger partial charge is 0.179 e. The van der Waals surface area contributed by atoms with Crippen LogP contribution in [0.4, 0.5) is 0 Å². The summed E-state index contributed by atoms with van der Waals surface area (Å²) in [7, 11) is 0.219. The Labute approximate surface area is 131 Å². The van der Waals surface area contributed by atoms with E-state index in [-0.39, 0.29) is 12.4 Å². The van der Waals surface area contributed by atoms with Crippen LogP contribution in [0.2, 0.25) is 5.02 Å². The van der Waals surface area contributed by atoms with Crippen molar-refractivity contribution in [3.63, 3.8) is 0 Å². The Bertz CT molecular complexity index is 573. The van der Waals surface area contributed by atoms with E-state index in [9.17, 15) is 8.42 Å². The monoisotopic (exact) mass is 335 g/mol. The maximum atomic E-state index is 11.7. The molecule has 7 heteroatoms. The Kier molecular flexibility index (Phi) is 6.77. The Morgan fingerprint density at radius 1 is 1.33 bits per heavy atom. The van der Waals surface area contributed by atoms with E-state index in [2.05, 4.69) is 5.32 Å². The van der Waals surface area contributed by atoms with Crippen LogP contribution in [0, 0.1) is 0 Å². The van der Waals surface area contributed by atoms with Crippen LogP contribution in [-0.2, 0) is 16.4 Å². The van der Waals surface area contributed by atoms with Crippen molar-refractivity contribution in [3.8, 4) is 11.5 Å². The average molecular weight is 336 g/mol. The molecule has 120 valence electrons. The Hall–Kier alpha value is -0.980. The molecular weight excluding hydrogens is 314 g/mol. The molecule has 0 saturated heterocycles. The molecular formula is C14H22ClNO4S. The van der Waals surface area contributed by atoms with Crippen molar-refractivity contribution >= 4 is 21.4 Å². The highest BCUT2D eigenvalue weighted by Crippen LogP contribution is 2.36. The Morgan fingerprint density at radius 3 is 2.52 bits per heavy atom. The number of hydrogen-bond donors (Lipinski definition) is 1. The van der Waals surface area contributed by atoms with Gasteiger partial charge in [-0.1, -0.05) is 11.6 Å². The number of nitrogens with one attached hydrogen (secondary N) is 1. The summed E-state index contributed by atoms with van der Waals surface area (Å²) >= 11 is 6.18. The number of ether oxygens (including phenoxy) is 2. The van der Waals surface area contributed by atoms with Crippen molar-refractivity contribution in [1.82, 2.24) is 5.32 Å². The fourth-order valence-electron chi connectivity index (χ4n) is 1.72. The van der Waals surface area contributed by atoms with Crippen LogP contribution in [0.15, 0.2) is 12.1 Å². The minimum absolute atomic E-state index is 0.0436. The van der Waals surface area contributed by atoms with Crippen molar-refractivity contribution in [2.24, 2.45) is 0 Å². The first kappa shape index (κ1) is 18.1. The van der Waals surface area contributed by atoms with Gasteiger partial charge in [-0.15, -0.1) is 0 Å². The predicted octanol–water partition coefficient (Wildman–Crippen LogP) is 2.27. The average Bonchev–Trinajstić information content (AvgIpc) is 2.40. The van der Waals surface area contributed by atoms with Gasteiger partial charge >= 0.3 is 0 Å². The Morgan fingerprint density at radius 2 is 2.00 bits per heavy atom. The summed E-state index contributed by atoms with van der Waals surface area (Å²) in [4.78, 5) is 0. The van der Waals surface area contributed by atoms with Crippen LogP contribution in [0.5, 0.6) is 11.5 Å². The Balaban J connectivity index is 2.84. The van der Waals surface area contributed by atoms with E-state index in [1.807, 2.05) is 13.1 Å². The molecule has 0 saturated carbocycles. The van der Waals surface area contributed by atoms with Gasteiger partial charge in [0.05, 0.1) is 23.1 Å². The molecule has 0 aliphatic heterocycles. The third-order valence-corrected chi connectivity index (χ3v) is 5.46. The maximum absolute atomic E-state index is 11.7. The second-order valence-corrected chi connectivity index (χ2v) is 7.99. The van der Waals surface area contributed by atoms with Gasteiger partial charge in [0.2, 0.25) is 0 Å². The molecule has 1 aromatic rings. The zero-order valence-electron chi connectivity index (χ0n) is 12.8. The molecule has 0 aromatic heterocycles. The quantitative estimate of drug-likeness (QED) is 0.789. The van der Waals surface area contributed by atoms with Gasteiger partial charge in [0.1, 0.15) is 6.61 Å². The van der Waals surface area contributed by atoms with Crippen LogP contribution in [0.1, 0.15) is 19.4 Å². The van der Waals surface area contributed by atoms with E-state index in [1.54, 1.807) is 19.9 Å². The minimum atomic E-state index is -3.14. The van der Waals surface area contributed by atoms with Gasteiger partial charge in [0.25, 0.3) is 0 Å². The first-order chi connectivity index (χ1) is 9.81. The van der Waals surface area contributed by atoms with Gasteiger partial charge in [-0.3, -0.25) is 0 Å². The van der Waals surface area contributed by atoms with Gasteiger partial charge in [0.15, 0.2) is 21.3 Å². The second kappa shape index (κ2) is 7.87. The lowest BCUT2D eigenvalue weighted by molar-refractivity contribution is 0.311. The lowest BCUT2D eigenvalue weighted by Crippen LogP contribution is -2.22. The molecule has 0 amide bonds. The van der Waals surface area contributed by atoms with Crippen molar-refractivity contribution in [2.75, 3.05) is 26.5 Å². The second-order valence-electron chi connectivity index (χ2n) is 4.90. The topological polar surface area (TPSA) is 64.6 Å². The first-order valence-corrected chi connectivity index (χ1v) is 8.76. The summed E-state index contributed by atoms with van der Waals surface area (Å²) in [6.45, 7) is 3.99. The molecule has 0 aliphatic carbocycles. The zero-order chi connectivity index (χ0) is 16.0. The molecule has 1 N–H and O–H groups in total. The van der Waals surface area contributed by atoms with E-state index < -0.39 is 15.1 Å². The summed E-state index contributed by atoms with van der Waals surface area (Å²) in [5.74, 6) is 0.815. The first-order valence-electron chi connectivity index (χ1n) is 6.67. The molecule has 0 atom stereocenters. The normalized spacial score (nSPS) is 11.7. The van der Waals surface area contributed by atoms with E-state index in [0.29, 0.717) is 23.1 Å². The molecule has 0 heterocycles. The number of hydrogen-bond acceptors (Lipinski definition) is 5. The molecule has 0 bridgehead atoms. The number of rotatable bonds is 8. The standard InChI is InChI=1S/C14H22ClNO4S/c1-10(2)21(17,18)6-5-20-14-12(15)7-11(9-16-3)8-13(14)19-4/h7-8,10,16H,5-6,9H2,1-4H3. The summed E-state index contributed by atoms with van der Waals surface area (Å²) in [5, 5.41) is 3.01. The molecule has 5 nitrogen and oxygen atoms in total. The van der Waals surface area contributed by atoms with E-state index in [4.69, 9.17) is 21.1 Å². The molecule has 1 aromatic carbocycles. The maximum Gasteiger partial charge on any atom is 0.179 e. The van der Waals surface area contributed by atoms with Crippen molar-refractivity contribution in [3.05, 3.63) is 22.7 Å². The molecule has 1 rings (SSSR count). The highest BCUT2D eigenvalue weighted by atomic mass is 35.5. The molecule has 21 heavy (non-hydrogen) atoms. The van der Waals surface area contributed by atoms with Crippen LogP contribution in [0.3, 0.4) is 0 Å². The number of sulfone groups is 1. The largest absolute Gasteiger partial charge is 0.493 e. The number of halogens is 1.